The summed E-state index contributed by atoms with van der Waals surface area (Å²) in [4.78, 5) is 15.5. The Morgan fingerprint density at radius 3 is 2.73 bits per heavy atom. The second kappa shape index (κ2) is 7.97. The Bertz CT molecular complexity index is 862. The van der Waals surface area contributed by atoms with Gasteiger partial charge in [-0.2, -0.15) is 11.8 Å². The summed E-state index contributed by atoms with van der Waals surface area (Å²) in [6.45, 7) is 8.47. The fourth-order valence-electron chi connectivity index (χ4n) is 3.76. The van der Waals surface area contributed by atoms with Crippen molar-refractivity contribution >= 4 is 11.8 Å². The van der Waals surface area contributed by atoms with Crippen molar-refractivity contribution in [3.8, 4) is 11.1 Å². The summed E-state index contributed by atoms with van der Waals surface area (Å²) in [5.74, 6) is 0.830. The summed E-state index contributed by atoms with van der Waals surface area (Å²) in [6, 6.07) is 7.56. The van der Waals surface area contributed by atoms with Crippen LogP contribution < -0.4 is 5.56 Å². The van der Waals surface area contributed by atoms with Crippen molar-refractivity contribution in [1.29, 1.82) is 0 Å². The molecule has 0 saturated heterocycles. The van der Waals surface area contributed by atoms with Gasteiger partial charge in [-0.15, -0.1) is 0 Å². The highest BCUT2D eigenvalue weighted by Gasteiger charge is 2.24. The van der Waals surface area contributed by atoms with Crippen LogP contribution in [0.25, 0.3) is 11.1 Å². The van der Waals surface area contributed by atoms with Gasteiger partial charge in [0.15, 0.2) is 0 Å². The van der Waals surface area contributed by atoms with Crippen molar-refractivity contribution in [2.24, 2.45) is 0 Å². The molecule has 3 rings (SSSR count). The number of nitrogens with zero attached hydrogens (tertiary/aromatic N) is 2. The molecular formula is C21H27FN2OS. The summed E-state index contributed by atoms with van der Waals surface area (Å²) in [6.07, 6.45) is 3.02. The largest absolute Gasteiger partial charge is 0.312 e. The fourth-order valence-corrected chi connectivity index (χ4v) is 4.46. The maximum absolute atomic E-state index is 14.1. The average Bonchev–Trinajstić information content (AvgIpc) is 2.63. The van der Waals surface area contributed by atoms with Crippen LogP contribution >= 0.6 is 11.8 Å². The molecule has 3 nitrogen and oxygen atoms in total. The molecule has 1 aliphatic rings. The lowest BCUT2D eigenvalue weighted by Gasteiger charge is -2.34. The van der Waals surface area contributed by atoms with Crippen LogP contribution in [0.4, 0.5) is 4.39 Å². The van der Waals surface area contributed by atoms with E-state index >= 15 is 0 Å². The number of benzene rings is 1. The van der Waals surface area contributed by atoms with Crippen molar-refractivity contribution < 1.29 is 4.39 Å². The van der Waals surface area contributed by atoms with Gasteiger partial charge in [-0.05, 0) is 55.9 Å². The van der Waals surface area contributed by atoms with Crippen molar-refractivity contribution in [2.45, 2.75) is 46.3 Å². The molecule has 0 amide bonds. The Kier molecular flexibility index (Phi) is 5.88. The number of hydrogen-bond acceptors (Lipinski definition) is 3. The van der Waals surface area contributed by atoms with Crippen LogP contribution in [-0.4, -0.2) is 34.1 Å². The highest BCUT2D eigenvalue weighted by atomic mass is 32.2. The van der Waals surface area contributed by atoms with Gasteiger partial charge in [-0.1, -0.05) is 12.1 Å². The quantitative estimate of drug-likeness (QED) is 0.788. The van der Waals surface area contributed by atoms with Crippen molar-refractivity contribution in [1.82, 2.24) is 9.47 Å². The summed E-state index contributed by atoms with van der Waals surface area (Å²) in [7, 11) is 0. The zero-order valence-electron chi connectivity index (χ0n) is 16.0. The highest BCUT2D eigenvalue weighted by molar-refractivity contribution is 7.98. The third-order valence-corrected chi connectivity index (χ3v) is 6.15. The summed E-state index contributed by atoms with van der Waals surface area (Å²) < 4.78 is 15.9. The highest BCUT2D eigenvalue weighted by Crippen LogP contribution is 2.26. The molecule has 140 valence electrons. The summed E-state index contributed by atoms with van der Waals surface area (Å²) in [5.41, 5.74) is 4.18. The Hall–Kier alpha value is -1.59. The Morgan fingerprint density at radius 2 is 2.08 bits per heavy atom. The second-order valence-electron chi connectivity index (χ2n) is 7.07. The van der Waals surface area contributed by atoms with Gasteiger partial charge >= 0.3 is 0 Å². The van der Waals surface area contributed by atoms with Crippen LogP contribution in [-0.2, 0) is 19.5 Å². The van der Waals surface area contributed by atoms with Gasteiger partial charge in [0.05, 0.1) is 0 Å². The molecule has 1 aromatic carbocycles. The van der Waals surface area contributed by atoms with E-state index in [0.717, 1.165) is 31.0 Å². The zero-order chi connectivity index (χ0) is 18.8. The van der Waals surface area contributed by atoms with E-state index in [0.29, 0.717) is 29.3 Å². The smallest absolute Gasteiger partial charge is 0.258 e. The van der Waals surface area contributed by atoms with E-state index in [9.17, 15) is 9.18 Å². The molecule has 5 heteroatoms. The topological polar surface area (TPSA) is 25.2 Å². The molecule has 0 spiro atoms. The standard InChI is InChI=1S/C21H27FN2OS/c1-5-24-20-8-9-23(15(3)13-26-4)12-17(20)10-18(21(24)25)16-7-6-14(2)19(22)11-16/h6-7,10-11,15H,5,8-9,12-13H2,1-4H3. The molecule has 0 bridgehead atoms. The average molecular weight is 375 g/mol. The Balaban J connectivity index is 2.07. The van der Waals surface area contributed by atoms with Gasteiger partial charge in [0.25, 0.3) is 5.56 Å². The molecule has 1 aromatic heterocycles. The van der Waals surface area contributed by atoms with Crippen LogP contribution in [0.3, 0.4) is 0 Å². The van der Waals surface area contributed by atoms with E-state index in [4.69, 9.17) is 0 Å². The van der Waals surface area contributed by atoms with E-state index in [1.54, 1.807) is 13.0 Å². The maximum Gasteiger partial charge on any atom is 0.258 e. The second-order valence-corrected chi connectivity index (χ2v) is 7.98. The molecule has 1 atom stereocenters. The van der Waals surface area contributed by atoms with Crippen LogP contribution in [0.2, 0.25) is 0 Å². The molecule has 2 aromatic rings. The van der Waals surface area contributed by atoms with Gasteiger partial charge in [-0.3, -0.25) is 9.69 Å². The van der Waals surface area contributed by atoms with Crippen LogP contribution in [0, 0.1) is 12.7 Å². The molecule has 0 aliphatic carbocycles. The molecule has 0 saturated carbocycles. The van der Waals surface area contributed by atoms with Crippen LogP contribution in [0.5, 0.6) is 0 Å². The van der Waals surface area contributed by atoms with E-state index in [-0.39, 0.29) is 11.4 Å². The van der Waals surface area contributed by atoms with E-state index in [1.165, 1.54) is 11.6 Å². The summed E-state index contributed by atoms with van der Waals surface area (Å²) >= 11 is 1.86. The van der Waals surface area contributed by atoms with Gasteiger partial charge in [0.1, 0.15) is 5.82 Å². The lowest BCUT2D eigenvalue weighted by atomic mass is 9.97. The summed E-state index contributed by atoms with van der Waals surface area (Å²) in [5, 5.41) is 0. The van der Waals surface area contributed by atoms with Crippen molar-refractivity contribution in [3.63, 3.8) is 0 Å². The first-order chi connectivity index (χ1) is 12.5. The number of aryl methyl sites for hydroxylation is 1. The Labute approximate surface area is 159 Å². The SMILES string of the molecule is CCn1c2c(cc(-c3ccc(C)c(F)c3)c1=O)CN(C(C)CSC)CC2. The molecule has 1 aliphatic heterocycles. The zero-order valence-corrected chi connectivity index (χ0v) is 16.8. The molecule has 1 unspecified atom stereocenters. The minimum Gasteiger partial charge on any atom is -0.312 e. The lowest BCUT2D eigenvalue weighted by Crippen LogP contribution is -2.41. The predicted molar refractivity (Wildman–Crippen MR) is 108 cm³/mol. The van der Waals surface area contributed by atoms with E-state index in [2.05, 4.69) is 18.1 Å². The van der Waals surface area contributed by atoms with E-state index < -0.39 is 0 Å². The monoisotopic (exact) mass is 374 g/mol. The molecule has 2 heterocycles. The normalized spacial score (nSPS) is 15.7. The first-order valence-corrected chi connectivity index (χ1v) is 10.6. The molecule has 0 radical (unpaired) electrons. The fraction of sp³-hybridized carbons (Fsp3) is 0.476. The number of aromatic nitrogens is 1. The maximum atomic E-state index is 14.1. The van der Waals surface area contributed by atoms with Gasteiger partial charge < -0.3 is 4.57 Å². The van der Waals surface area contributed by atoms with Crippen molar-refractivity contribution in [3.05, 3.63) is 57.3 Å². The third-order valence-electron chi connectivity index (χ3n) is 5.33. The Morgan fingerprint density at radius 1 is 1.31 bits per heavy atom. The van der Waals surface area contributed by atoms with Crippen molar-refractivity contribution in [2.75, 3.05) is 18.6 Å². The molecule has 0 N–H and O–H groups in total. The molecular weight excluding hydrogens is 347 g/mol. The minimum atomic E-state index is -0.266. The number of rotatable bonds is 5. The first kappa shape index (κ1) is 19.2. The van der Waals surface area contributed by atoms with Crippen LogP contribution in [0.1, 0.15) is 30.7 Å². The lowest BCUT2D eigenvalue weighted by molar-refractivity contribution is 0.202. The number of thioether (sulfide) groups is 1. The first-order valence-electron chi connectivity index (χ1n) is 9.21. The number of fused-ring (bicyclic) bond motifs is 1. The predicted octanol–water partition coefficient (Wildman–Crippen LogP) is 4.09. The number of pyridine rings is 1. The molecule has 26 heavy (non-hydrogen) atoms. The van der Waals surface area contributed by atoms with Crippen LogP contribution in [0.15, 0.2) is 29.1 Å². The number of halogens is 1. The van der Waals surface area contributed by atoms with Gasteiger partial charge in [0.2, 0.25) is 0 Å². The minimum absolute atomic E-state index is 0.0138. The third kappa shape index (κ3) is 3.60. The number of hydrogen-bond donors (Lipinski definition) is 0. The van der Waals surface area contributed by atoms with Gasteiger partial charge in [-0.25, -0.2) is 4.39 Å². The molecule has 0 fully saturated rings. The van der Waals surface area contributed by atoms with Gasteiger partial charge in [0, 0.05) is 49.1 Å². The van der Waals surface area contributed by atoms with E-state index in [1.807, 2.05) is 35.4 Å².